The van der Waals surface area contributed by atoms with Crippen LogP contribution in [0.25, 0.3) is 0 Å². The molecule has 2 N–H and O–H groups in total. The number of hydrogen-bond donors (Lipinski definition) is 2. The van der Waals surface area contributed by atoms with Gasteiger partial charge in [-0.25, -0.2) is 9.36 Å². The number of aromatic nitrogens is 2. The number of ether oxygens (including phenoxy) is 2. The number of hydrogen-bond acceptors (Lipinski definition) is 6. The van der Waals surface area contributed by atoms with E-state index < -0.39 is 23.6 Å². The van der Waals surface area contributed by atoms with Crippen molar-refractivity contribution >= 4 is 0 Å². The number of fused-ring (bicyclic) bond motifs is 1. The maximum Gasteiger partial charge on any atom is 0.335 e. The van der Waals surface area contributed by atoms with Gasteiger partial charge in [0.15, 0.2) is 6.23 Å². The van der Waals surface area contributed by atoms with Gasteiger partial charge in [-0.05, 0) is 6.92 Å². The molecule has 1 aromatic rings. The van der Waals surface area contributed by atoms with E-state index >= 15 is 0 Å². The predicted octanol–water partition coefficient (Wildman–Crippen LogP) is -1.88. The molecule has 0 aromatic carbocycles. The normalized spacial score (nSPS) is 17.6. The monoisotopic (exact) mass is 272 g/mol. The van der Waals surface area contributed by atoms with Gasteiger partial charge in [-0.2, -0.15) is 0 Å². The van der Waals surface area contributed by atoms with E-state index in [0.717, 1.165) is 4.57 Å². The lowest BCUT2D eigenvalue weighted by atomic mass is 10.3. The molecule has 2 heterocycles. The van der Waals surface area contributed by atoms with Crippen molar-refractivity contribution in [1.29, 1.82) is 0 Å². The second kappa shape index (κ2) is 5.16. The third-order valence-corrected chi connectivity index (χ3v) is 3.07. The molecule has 0 aliphatic carbocycles. The molecule has 106 valence electrons. The minimum atomic E-state index is -0.802. The Hall–Kier alpha value is -1.64. The molecule has 0 bridgehead atoms. The van der Waals surface area contributed by atoms with Crippen molar-refractivity contribution in [2.24, 2.45) is 7.05 Å². The Bertz CT molecular complexity index is 586. The molecule has 8 heteroatoms. The van der Waals surface area contributed by atoms with Crippen LogP contribution in [0.5, 0.6) is 5.88 Å². The van der Waals surface area contributed by atoms with Gasteiger partial charge < -0.3 is 19.7 Å². The van der Waals surface area contributed by atoms with E-state index in [1.807, 2.05) is 0 Å². The molecule has 1 aromatic heterocycles. The van der Waals surface area contributed by atoms with Crippen molar-refractivity contribution in [2.45, 2.75) is 19.3 Å². The Balaban J connectivity index is 2.45. The molecular formula is C11H16N2O6. The van der Waals surface area contributed by atoms with E-state index in [1.54, 1.807) is 6.92 Å². The highest BCUT2D eigenvalue weighted by Crippen LogP contribution is 2.26. The van der Waals surface area contributed by atoms with Gasteiger partial charge in [-0.1, -0.05) is 0 Å². The highest BCUT2D eigenvalue weighted by molar-refractivity contribution is 5.25. The molecule has 0 fully saturated rings. The van der Waals surface area contributed by atoms with Crippen LogP contribution in [0.3, 0.4) is 0 Å². The summed E-state index contributed by atoms with van der Waals surface area (Å²) in [5, 5.41) is 18.0. The van der Waals surface area contributed by atoms with Gasteiger partial charge in [0.1, 0.15) is 12.7 Å². The molecular weight excluding hydrogens is 256 g/mol. The van der Waals surface area contributed by atoms with Crippen molar-refractivity contribution < 1.29 is 19.7 Å². The van der Waals surface area contributed by atoms with E-state index in [9.17, 15) is 9.59 Å². The van der Waals surface area contributed by atoms with Gasteiger partial charge in [-0.3, -0.25) is 9.36 Å². The second-order valence-corrected chi connectivity index (χ2v) is 4.34. The van der Waals surface area contributed by atoms with Crippen LogP contribution in [0.15, 0.2) is 9.59 Å². The van der Waals surface area contributed by atoms with Crippen LogP contribution in [-0.4, -0.2) is 45.3 Å². The fraction of sp³-hybridized carbons (Fsp3) is 0.636. The van der Waals surface area contributed by atoms with Crippen molar-refractivity contribution in [3.05, 3.63) is 26.4 Å². The van der Waals surface area contributed by atoms with E-state index in [4.69, 9.17) is 19.7 Å². The summed E-state index contributed by atoms with van der Waals surface area (Å²) in [5.41, 5.74) is -0.654. The quantitative estimate of drug-likeness (QED) is 0.664. The Morgan fingerprint density at radius 1 is 1.42 bits per heavy atom. The molecule has 0 amide bonds. The maximum atomic E-state index is 12.0. The first-order chi connectivity index (χ1) is 9.01. The SMILES string of the molecule is Cc1c2n(c(=O)n(C)c1=O)[C@@H](OC(CO)CO)CO2. The van der Waals surface area contributed by atoms with Gasteiger partial charge in [0.25, 0.3) is 5.56 Å². The average molecular weight is 272 g/mol. The number of nitrogens with zero attached hydrogens (tertiary/aromatic N) is 2. The van der Waals surface area contributed by atoms with Crippen LogP contribution in [0.2, 0.25) is 0 Å². The predicted molar refractivity (Wildman–Crippen MR) is 64.3 cm³/mol. The fourth-order valence-electron chi connectivity index (χ4n) is 1.98. The maximum absolute atomic E-state index is 12.0. The molecule has 1 aliphatic heterocycles. The number of rotatable bonds is 4. The Morgan fingerprint density at radius 2 is 2.05 bits per heavy atom. The summed E-state index contributed by atoms with van der Waals surface area (Å²) in [4.78, 5) is 23.8. The summed E-state index contributed by atoms with van der Waals surface area (Å²) in [5.74, 6) is 0.174. The zero-order chi connectivity index (χ0) is 14.2. The topological polar surface area (TPSA) is 103 Å². The van der Waals surface area contributed by atoms with Crippen LogP contribution >= 0.6 is 0 Å². The van der Waals surface area contributed by atoms with Gasteiger partial charge in [-0.15, -0.1) is 0 Å². The Labute approximate surface area is 108 Å². The molecule has 8 nitrogen and oxygen atoms in total. The minimum Gasteiger partial charge on any atom is -0.474 e. The summed E-state index contributed by atoms with van der Waals surface area (Å²) in [7, 11) is 1.37. The first kappa shape index (κ1) is 13.8. The molecule has 0 radical (unpaired) electrons. The van der Waals surface area contributed by atoms with Crippen LogP contribution in [-0.2, 0) is 11.8 Å². The van der Waals surface area contributed by atoms with Crippen molar-refractivity contribution in [2.75, 3.05) is 19.8 Å². The second-order valence-electron chi connectivity index (χ2n) is 4.34. The summed E-state index contributed by atoms with van der Waals surface area (Å²) in [6.07, 6.45) is -1.57. The van der Waals surface area contributed by atoms with Crippen molar-refractivity contribution in [1.82, 2.24) is 9.13 Å². The van der Waals surface area contributed by atoms with Crippen LogP contribution in [0, 0.1) is 6.92 Å². The molecule has 2 rings (SSSR count). The lowest BCUT2D eigenvalue weighted by Crippen LogP contribution is -2.40. The van der Waals surface area contributed by atoms with Gasteiger partial charge >= 0.3 is 5.69 Å². The highest BCUT2D eigenvalue weighted by Gasteiger charge is 2.31. The Kier molecular flexibility index (Phi) is 3.74. The standard InChI is InChI=1S/C11H16N2O6/c1-6-9(16)12(2)11(17)13-8(5-18-10(6)13)19-7(3-14)4-15/h7-8,14-15H,3-5H2,1-2H3/t8-/m0/s1. The Morgan fingerprint density at radius 3 is 2.63 bits per heavy atom. The zero-order valence-electron chi connectivity index (χ0n) is 10.7. The van der Waals surface area contributed by atoms with Crippen LogP contribution in [0.4, 0.5) is 0 Å². The first-order valence-electron chi connectivity index (χ1n) is 5.83. The third-order valence-electron chi connectivity index (χ3n) is 3.07. The summed E-state index contributed by atoms with van der Waals surface area (Å²) < 4.78 is 12.9. The zero-order valence-corrected chi connectivity index (χ0v) is 10.7. The molecule has 0 spiro atoms. The van der Waals surface area contributed by atoms with E-state index in [2.05, 4.69) is 0 Å². The fourth-order valence-corrected chi connectivity index (χ4v) is 1.98. The molecule has 19 heavy (non-hydrogen) atoms. The van der Waals surface area contributed by atoms with Crippen LogP contribution in [0.1, 0.15) is 11.8 Å². The average Bonchev–Trinajstić information content (AvgIpc) is 2.83. The summed E-state index contributed by atoms with van der Waals surface area (Å²) in [6, 6.07) is 0. The first-order valence-corrected chi connectivity index (χ1v) is 5.83. The van der Waals surface area contributed by atoms with Gasteiger partial charge in [0, 0.05) is 7.05 Å². The minimum absolute atomic E-state index is 0.0516. The summed E-state index contributed by atoms with van der Waals surface area (Å²) >= 11 is 0. The molecule has 0 unspecified atom stereocenters. The molecule has 0 saturated heterocycles. The van der Waals surface area contributed by atoms with Gasteiger partial charge in [0.05, 0.1) is 18.8 Å². The lowest BCUT2D eigenvalue weighted by Gasteiger charge is -2.18. The molecule has 1 atom stereocenters. The number of aliphatic hydroxyl groups is 2. The van der Waals surface area contributed by atoms with Crippen molar-refractivity contribution in [3.8, 4) is 5.88 Å². The van der Waals surface area contributed by atoms with Crippen molar-refractivity contribution in [3.63, 3.8) is 0 Å². The lowest BCUT2D eigenvalue weighted by molar-refractivity contribution is -0.0936. The van der Waals surface area contributed by atoms with E-state index in [0.29, 0.717) is 5.56 Å². The van der Waals surface area contributed by atoms with E-state index in [1.165, 1.54) is 11.6 Å². The third kappa shape index (κ3) is 2.18. The smallest absolute Gasteiger partial charge is 0.335 e. The highest BCUT2D eigenvalue weighted by atomic mass is 16.6. The largest absolute Gasteiger partial charge is 0.474 e. The van der Waals surface area contributed by atoms with Gasteiger partial charge in [0.2, 0.25) is 5.88 Å². The molecule has 0 saturated carbocycles. The van der Waals surface area contributed by atoms with E-state index in [-0.39, 0.29) is 25.7 Å². The summed E-state index contributed by atoms with van der Waals surface area (Å²) in [6.45, 7) is 0.866. The van der Waals surface area contributed by atoms with Crippen LogP contribution < -0.4 is 16.0 Å². The molecule has 1 aliphatic rings. The number of aliphatic hydroxyl groups excluding tert-OH is 2.